The molecule has 0 fully saturated rings. The first kappa shape index (κ1) is 31.0. The monoisotopic (exact) mass is 510 g/mol. The molecule has 0 aliphatic carbocycles. The Morgan fingerprint density at radius 1 is 0.593 bits per heavy atom. The smallest absolute Gasteiger partial charge is 0.547 e. The minimum absolute atomic E-state index is 0. The number of aliphatic hydroxyl groups excluding tert-OH is 10. The van der Waals surface area contributed by atoms with Crippen LogP contribution in [0.25, 0.3) is 0 Å². The fourth-order valence-electron chi connectivity index (χ4n) is 1.32. The second-order valence-corrected chi connectivity index (χ2v) is 4.99. The third kappa shape index (κ3) is 11.1. The summed E-state index contributed by atoms with van der Waals surface area (Å²) in [5.41, 5.74) is 0. The summed E-state index contributed by atoms with van der Waals surface area (Å²) in [5.74, 6) is -3.95. The fourth-order valence-corrected chi connectivity index (χ4v) is 1.32. The Labute approximate surface area is 169 Å². The van der Waals surface area contributed by atoms with Crippen molar-refractivity contribution in [2.45, 2.75) is 48.8 Å². The minimum Gasteiger partial charge on any atom is -0.547 e. The Morgan fingerprint density at radius 2 is 0.815 bits per heavy atom. The second kappa shape index (κ2) is 15.3. The zero-order valence-corrected chi connectivity index (χ0v) is 16.5. The van der Waals surface area contributed by atoms with Gasteiger partial charge in [-0.15, -0.1) is 0 Å². The van der Waals surface area contributed by atoms with Gasteiger partial charge in [-0.3, -0.25) is 0 Å². The van der Waals surface area contributed by atoms with Crippen LogP contribution in [0.4, 0.5) is 0 Å². The summed E-state index contributed by atoms with van der Waals surface area (Å²) >= 11 is 0. The van der Waals surface area contributed by atoms with E-state index >= 15 is 0 Å². The Balaban J connectivity index is -0.000000411. The van der Waals surface area contributed by atoms with Crippen molar-refractivity contribution in [3.8, 4) is 0 Å². The summed E-state index contributed by atoms with van der Waals surface area (Å²) in [5, 5.41) is 107. The maximum Gasteiger partial charge on any atom is 2.00 e. The van der Waals surface area contributed by atoms with Gasteiger partial charge in [0.2, 0.25) is 0 Å². The molecule has 0 aromatic carbocycles. The van der Waals surface area contributed by atoms with Crippen LogP contribution in [-0.2, 0) is 9.59 Å². The normalized spacial score (nSPS) is 19.6. The Bertz CT molecular complexity index is 385. The first-order chi connectivity index (χ1) is 11.8. The molecule has 15 heteroatoms. The standard InChI is InChI=1S/2C6H12O7.Sn/c2*7-1-2(8)3(9)4(10)5(11)6(12)13;/h2*2-5,7-11H,1H2,(H,12,13);/q;;+2/p-2. The van der Waals surface area contributed by atoms with Crippen molar-refractivity contribution < 1.29 is 70.9 Å². The number of hydrogen-bond donors (Lipinski definition) is 10. The van der Waals surface area contributed by atoms with E-state index < -0.39 is 74.0 Å². The number of carbonyl (C=O) groups is 2. The fraction of sp³-hybridized carbons (Fsp3) is 0.833. The molecule has 0 saturated heterocycles. The number of carbonyl (C=O) groups excluding carboxylic acids is 2. The summed E-state index contributed by atoms with van der Waals surface area (Å²) in [6, 6.07) is 0. The molecule has 0 bridgehead atoms. The van der Waals surface area contributed by atoms with Crippen molar-refractivity contribution in [1.29, 1.82) is 0 Å². The van der Waals surface area contributed by atoms with Crippen LogP contribution in [0.15, 0.2) is 0 Å². The summed E-state index contributed by atoms with van der Waals surface area (Å²) < 4.78 is 0. The van der Waals surface area contributed by atoms with Gasteiger partial charge in [-0.25, -0.2) is 0 Å². The average molecular weight is 509 g/mol. The van der Waals surface area contributed by atoms with Crippen LogP contribution in [-0.4, -0.2) is 149 Å². The van der Waals surface area contributed by atoms with Crippen molar-refractivity contribution in [3.05, 3.63) is 0 Å². The van der Waals surface area contributed by atoms with E-state index in [9.17, 15) is 19.8 Å². The Kier molecular flexibility index (Phi) is 17.6. The first-order valence-electron chi connectivity index (χ1n) is 6.91. The summed E-state index contributed by atoms with van der Waals surface area (Å²) in [6.45, 7) is -1.73. The largest absolute Gasteiger partial charge is 2.00 e. The molecule has 0 aromatic rings. The van der Waals surface area contributed by atoms with E-state index in [4.69, 9.17) is 51.1 Å². The molecule has 0 aliphatic heterocycles. The van der Waals surface area contributed by atoms with E-state index in [0.717, 1.165) is 0 Å². The molecule has 158 valence electrons. The number of aliphatic hydroxyl groups is 10. The van der Waals surface area contributed by atoms with E-state index in [1.807, 2.05) is 0 Å². The minimum atomic E-state index is -2.31. The SMILES string of the molecule is O=C([O-])C(O)C(O)C(O)C(O)CO.O=C([O-])C(O)C(O)C(O)C(O)CO.[Sn+2]. The van der Waals surface area contributed by atoms with E-state index in [-0.39, 0.29) is 23.9 Å². The van der Waals surface area contributed by atoms with Crippen molar-refractivity contribution in [1.82, 2.24) is 0 Å². The van der Waals surface area contributed by atoms with E-state index in [1.54, 1.807) is 0 Å². The quantitative estimate of drug-likeness (QED) is 0.123. The van der Waals surface area contributed by atoms with Crippen LogP contribution in [0.2, 0.25) is 0 Å². The summed E-state index contributed by atoms with van der Waals surface area (Å²) in [7, 11) is 0. The zero-order chi connectivity index (χ0) is 21.2. The molecule has 2 radical (unpaired) electrons. The Hall–Kier alpha value is -0.661. The van der Waals surface area contributed by atoms with Crippen molar-refractivity contribution in [2.75, 3.05) is 13.2 Å². The van der Waals surface area contributed by atoms with Gasteiger partial charge in [0.15, 0.2) is 0 Å². The number of hydrogen-bond acceptors (Lipinski definition) is 14. The molecule has 0 heterocycles. The van der Waals surface area contributed by atoms with Gasteiger partial charge in [0.05, 0.1) is 25.2 Å². The molecule has 0 saturated carbocycles. The maximum atomic E-state index is 9.98. The van der Waals surface area contributed by atoms with E-state index in [0.29, 0.717) is 0 Å². The third-order valence-corrected chi connectivity index (χ3v) is 2.99. The molecule has 0 spiro atoms. The topological polar surface area (TPSA) is 283 Å². The predicted molar refractivity (Wildman–Crippen MR) is 78.0 cm³/mol. The van der Waals surface area contributed by atoms with Crippen LogP contribution in [0.5, 0.6) is 0 Å². The van der Waals surface area contributed by atoms with Crippen LogP contribution < -0.4 is 10.2 Å². The first-order valence-corrected chi connectivity index (χ1v) is 6.91. The third-order valence-electron chi connectivity index (χ3n) is 2.99. The van der Waals surface area contributed by atoms with Crippen molar-refractivity contribution >= 4 is 35.8 Å². The molecule has 27 heavy (non-hydrogen) atoms. The summed E-state index contributed by atoms with van der Waals surface area (Å²) in [6.07, 6.45) is -16.2. The predicted octanol–water partition coefficient (Wildman–Crippen LogP) is -10.0. The number of rotatable bonds is 10. The van der Waals surface area contributed by atoms with Gasteiger partial charge >= 0.3 is 23.9 Å². The molecule has 0 aliphatic rings. The van der Waals surface area contributed by atoms with Gasteiger partial charge in [-0.1, -0.05) is 0 Å². The van der Waals surface area contributed by atoms with Gasteiger partial charge in [0.1, 0.15) is 48.8 Å². The van der Waals surface area contributed by atoms with Gasteiger partial charge < -0.3 is 70.9 Å². The summed E-state index contributed by atoms with van der Waals surface area (Å²) in [4.78, 5) is 20.0. The van der Waals surface area contributed by atoms with Crippen LogP contribution in [0.3, 0.4) is 0 Å². The van der Waals surface area contributed by atoms with E-state index in [1.165, 1.54) is 0 Å². The second-order valence-electron chi connectivity index (χ2n) is 4.99. The molecule has 8 unspecified atom stereocenters. The van der Waals surface area contributed by atoms with Gasteiger partial charge in [0.25, 0.3) is 0 Å². The number of aliphatic carboxylic acids is 2. The molecular formula is C12H22O14Sn. The Morgan fingerprint density at radius 3 is 0.963 bits per heavy atom. The number of carboxylic acids is 2. The van der Waals surface area contributed by atoms with E-state index in [2.05, 4.69) is 0 Å². The number of carboxylic acid groups (broad SMARTS) is 2. The molecule has 0 amide bonds. The molecular weight excluding hydrogens is 487 g/mol. The maximum absolute atomic E-state index is 9.98. The molecule has 10 N–H and O–H groups in total. The molecule has 8 atom stereocenters. The molecule has 0 rings (SSSR count). The van der Waals surface area contributed by atoms with Crippen molar-refractivity contribution in [3.63, 3.8) is 0 Å². The van der Waals surface area contributed by atoms with Crippen LogP contribution >= 0.6 is 0 Å². The zero-order valence-electron chi connectivity index (χ0n) is 13.6. The van der Waals surface area contributed by atoms with Gasteiger partial charge in [-0.05, 0) is 0 Å². The van der Waals surface area contributed by atoms with Gasteiger partial charge in [0, 0.05) is 0 Å². The van der Waals surface area contributed by atoms with Crippen molar-refractivity contribution in [2.24, 2.45) is 0 Å². The molecule has 0 aromatic heterocycles. The molecule has 14 nitrogen and oxygen atoms in total. The van der Waals surface area contributed by atoms with Gasteiger partial charge in [-0.2, -0.15) is 0 Å². The van der Waals surface area contributed by atoms with Crippen LogP contribution in [0, 0.1) is 0 Å². The average Bonchev–Trinajstić information content (AvgIpc) is 2.62. The van der Waals surface area contributed by atoms with Crippen LogP contribution in [0.1, 0.15) is 0 Å².